The van der Waals surface area contributed by atoms with Crippen molar-refractivity contribution in [3.63, 3.8) is 0 Å². The summed E-state index contributed by atoms with van der Waals surface area (Å²) in [5, 5.41) is 0. The van der Waals surface area contributed by atoms with Crippen LogP contribution in [0.15, 0.2) is 30.4 Å². The third kappa shape index (κ3) is 5.50. The van der Waals surface area contributed by atoms with Crippen LogP contribution in [0.4, 0.5) is 8.78 Å². The van der Waals surface area contributed by atoms with E-state index < -0.39 is 11.6 Å². The molecule has 0 amide bonds. The normalized spacial score (nSPS) is 34.3. The van der Waals surface area contributed by atoms with Crippen molar-refractivity contribution in [1.82, 2.24) is 0 Å². The van der Waals surface area contributed by atoms with Crippen molar-refractivity contribution in [3.05, 3.63) is 53.1 Å². The summed E-state index contributed by atoms with van der Waals surface area (Å²) in [5.41, 5.74) is 1.83. The molecule has 2 unspecified atom stereocenters. The molecule has 0 radical (unpaired) electrons. The molecule has 1 saturated heterocycles. The zero-order valence-electron chi connectivity index (χ0n) is 20.9. The lowest BCUT2D eigenvalue weighted by Gasteiger charge is -2.40. The number of hydrogen-bond acceptors (Lipinski definition) is 1. The summed E-state index contributed by atoms with van der Waals surface area (Å²) in [5.74, 6) is 2.98. The summed E-state index contributed by atoms with van der Waals surface area (Å²) >= 11 is 0. The van der Waals surface area contributed by atoms with E-state index in [2.05, 4.69) is 25.2 Å². The first kappa shape index (κ1) is 24.2. The molecule has 0 spiro atoms. The van der Waals surface area contributed by atoms with Crippen molar-refractivity contribution in [2.75, 3.05) is 6.61 Å². The van der Waals surface area contributed by atoms with Gasteiger partial charge in [-0.15, -0.1) is 0 Å². The molecule has 5 rings (SSSR count). The lowest BCUT2D eigenvalue weighted by molar-refractivity contribution is 0.123. The van der Waals surface area contributed by atoms with Crippen LogP contribution in [0, 0.1) is 41.2 Å². The van der Waals surface area contributed by atoms with Gasteiger partial charge in [-0.25, -0.2) is 8.78 Å². The quantitative estimate of drug-likeness (QED) is 0.287. The highest BCUT2D eigenvalue weighted by Crippen LogP contribution is 2.46. The lowest BCUT2D eigenvalue weighted by Crippen LogP contribution is -2.28. The predicted octanol–water partition coefficient (Wildman–Crippen LogP) is 9.19. The van der Waals surface area contributed by atoms with Gasteiger partial charge in [0.05, 0.1) is 6.61 Å². The molecule has 2 atom stereocenters. The zero-order chi connectivity index (χ0) is 23.5. The second-order valence-electron chi connectivity index (χ2n) is 11.5. The summed E-state index contributed by atoms with van der Waals surface area (Å²) in [6.45, 7) is 2.72. The van der Waals surface area contributed by atoms with E-state index in [0.717, 1.165) is 60.8 Å². The second-order valence-corrected chi connectivity index (χ2v) is 11.5. The van der Waals surface area contributed by atoms with Crippen LogP contribution in [-0.4, -0.2) is 6.61 Å². The van der Waals surface area contributed by atoms with Crippen molar-refractivity contribution >= 4 is 5.57 Å². The van der Waals surface area contributed by atoms with Gasteiger partial charge >= 0.3 is 0 Å². The summed E-state index contributed by atoms with van der Waals surface area (Å²) in [6, 6.07) is 3.48. The topological polar surface area (TPSA) is 12.5 Å². The van der Waals surface area contributed by atoms with Crippen molar-refractivity contribution < 1.29 is 13.5 Å². The highest BCUT2D eigenvalue weighted by molar-refractivity contribution is 5.67. The SMILES string of the molecule is CC/C=C\CC1CCC(C2CCC(C3CC=C(c4ccc(C5CO5)c(F)c4F)CC3)CC2)CC1. The van der Waals surface area contributed by atoms with Crippen molar-refractivity contribution in [2.24, 2.45) is 29.6 Å². The maximum atomic E-state index is 14.7. The van der Waals surface area contributed by atoms with Crippen LogP contribution in [0.2, 0.25) is 0 Å². The fourth-order valence-electron chi connectivity index (χ4n) is 7.25. The Kier molecular flexibility index (Phi) is 7.88. The maximum Gasteiger partial charge on any atom is 0.166 e. The molecule has 186 valence electrons. The molecule has 0 bridgehead atoms. The monoisotopic (exact) mass is 468 g/mol. The fourth-order valence-corrected chi connectivity index (χ4v) is 7.25. The van der Waals surface area contributed by atoms with Gasteiger partial charge in [-0.1, -0.05) is 37.3 Å². The Balaban J connectivity index is 1.09. The standard InChI is InChI=1S/C31H42F2O/c1-2-3-4-5-21-6-8-22(9-7-21)23-10-12-24(13-11-23)25-14-16-26(17-15-25)27-18-19-28(29-20-34-29)31(33)30(27)32/h3-4,16,18-19,21-25,29H,2,5-15,17,20H2,1H3/b4-3-. The van der Waals surface area contributed by atoms with Gasteiger partial charge in [0.25, 0.3) is 0 Å². The van der Waals surface area contributed by atoms with Gasteiger partial charge in [0.2, 0.25) is 0 Å². The second kappa shape index (κ2) is 11.1. The van der Waals surface area contributed by atoms with Crippen LogP contribution >= 0.6 is 0 Å². The number of halogens is 2. The van der Waals surface area contributed by atoms with Crippen LogP contribution in [0.5, 0.6) is 0 Å². The fraction of sp³-hybridized carbons (Fsp3) is 0.677. The molecule has 34 heavy (non-hydrogen) atoms. The molecule has 3 heteroatoms. The third-order valence-corrected chi connectivity index (χ3v) is 9.50. The Bertz CT molecular complexity index is 883. The van der Waals surface area contributed by atoms with E-state index in [9.17, 15) is 8.78 Å². The largest absolute Gasteiger partial charge is 0.368 e. The molecule has 1 aromatic carbocycles. The van der Waals surface area contributed by atoms with Crippen molar-refractivity contribution in [2.45, 2.75) is 96.5 Å². The van der Waals surface area contributed by atoms with E-state index in [1.807, 2.05) is 0 Å². The Morgan fingerprint density at radius 3 is 2.06 bits per heavy atom. The summed E-state index contributed by atoms with van der Waals surface area (Å²) < 4.78 is 34.3. The molecule has 4 aliphatic rings. The highest BCUT2D eigenvalue weighted by atomic mass is 19.2. The van der Waals surface area contributed by atoms with Gasteiger partial charge in [-0.2, -0.15) is 0 Å². The molecule has 3 aliphatic carbocycles. The van der Waals surface area contributed by atoms with Crippen LogP contribution in [0.1, 0.15) is 108 Å². The van der Waals surface area contributed by atoms with Crippen LogP contribution in [-0.2, 0) is 4.74 Å². The Hall–Kier alpha value is -1.48. The van der Waals surface area contributed by atoms with Gasteiger partial charge in [0, 0.05) is 11.1 Å². The number of benzene rings is 1. The number of hydrogen-bond donors (Lipinski definition) is 0. The highest BCUT2D eigenvalue weighted by Gasteiger charge is 2.34. The maximum absolute atomic E-state index is 14.7. The predicted molar refractivity (Wildman–Crippen MR) is 135 cm³/mol. The van der Waals surface area contributed by atoms with Gasteiger partial charge in [0.15, 0.2) is 11.6 Å². The molecule has 0 aromatic heterocycles. The summed E-state index contributed by atoms with van der Waals surface area (Å²) in [4.78, 5) is 0. The minimum atomic E-state index is -0.715. The third-order valence-electron chi connectivity index (χ3n) is 9.50. The first-order chi connectivity index (χ1) is 16.6. The average molecular weight is 469 g/mol. The van der Waals surface area contributed by atoms with E-state index in [-0.39, 0.29) is 6.10 Å². The van der Waals surface area contributed by atoms with E-state index >= 15 is 0 Å². The Morgan fingerprint density at radius 1 is 0.824 bits per heavy atom. The molecular weight excluding hydrogens is 426 g/mol. The lowest BCUT2D eigenvalue weighted by atomic mass is 9.65. The summed E-state index contributed by atoms with van der Waals surface area (Å²) in [7, 11) is 0. The summed E-state index contributed by atoms with van der Waals surface area (Å²) in [6.07, 6.45) is 23.5. The Labute approximate surface area is 205 Å². The molecule has 1 aliphatic heterocycles. The van der Waals surface area contributed by atoms with E-state index in [4.69, 9.17) is 4.74 Å². The number of ether oxygens (including phenoxy) is 1. The molecule has 1 heterocycles. The molecule has 1 nitrogen and oxygen atoms in total. The number of epoxide rings is 1. The first-order valence-electron chi connectivity index (χ1n) is 14.1. The van der Waals surface area contributed by atoms with Crippen LogP contribution < -0.4 is 0 Å². The number of rotatable bonds is 7. The van der Waals surface area contributed by atoms with Crippen LogP contribution in [0.3, 0.4) is 0 Å². The van der Waals surface area contributed by atoms with Crippen molar-refractivity contribution in [1.29, 1.82) is 0 Å². The smallest absolute Gasteiger partial charge is 0.166 e. The van der Waals surface area contributed by atoms with Crippen LogP contribution in [0.25, 0.3) is 5.57 Å². The molecular formula is C31H42F2O. The average Bonchev–Trinajstić information content (AvgIpc) is 3.72. The zero-order valence-corrected chi connectivity index (χ0v) is 20.9. The molecule has 1 aromatic rings. The molecule has 3 fully saturated rings. The molecule has 2 saturated carbocycles. The first-order valence-corrected chi connectivity index (χ1v) is 14.1. The van der Waals surface area contributed by atoms with E-state index in [1.165, 1.54) is 57.8 Å². The minimum Gasteiger partial charge on any atom is -0.368 e. The molecule has 0 N–H and O–H groups in total. The minimum absolute atomic E-state index is 0.249. The van der Waals surface area contributed by atoms with Gasteiger partial charge in [-0.3, -0.25) is 0 Å². The van der Waals surface area contributed by atoms with Gasteiger partial charge in [-0.05, 0) is 119 Å². The van der Waals surface area contributed by atoms with Gasteiger partial charge in [0.1, 0.15) is 6.10 Å². The van der Waals surface area contributed by atoms with Crippen molar-refractivity contribution in [3.8, 4) is 0 Å². The van der Waals surface area contributed by atoms with Gasteiger partial charge < -0.3 is 4.74 Å². The van der Waals surface area contributed by atoms with E-state index in [1.54, 1.807) is 12.1 Å². The van der Waals surface area contributed by atoms with E-state index in [0.29, 0.717) is 17.7 Å². The number of allylic oxidation sites excluding steroid dienone is 4. The Morgan fingerprint density at radius 2 is 1.47 bits per heavy atom.